The second kappa shape index (κ2) is 6.53. The highest BCUT2D eigenvalue weighted by Gasteiger charge is 2.28. The minimum absolute atomic E-state index is 0.418. The van der Waals surface area contributed by atoms with Crippen LogP contribution in [-0.2, 0) is 6.54 Å². The lowest BCUT2D eigenvalue weighted by atomic mass is 9.91. The van der Waals surface area contributed by atoms with Crippen LogP contribution in [0.4, 0.5) is 0 Å². The lowest BCUT2D eigenvalue weighted by molar-refractivity contribution is 0.0792. The predicted octanol–water partition coefficient (Wildman–Crippen LogP) is 4.44. The van der Waals surface area contributed by atoms with Gasteiger partial charge in [-0.25, -0.2) is 0 Å². The van der Waals surface area contributed by atoms with E-state index in [1.165, 1.54) is 16.3 Å². The van der Waals surface area contributed by atoms with Crippen molar-refractivity contribution in [2.24, 2.45) is 0 Å². The minimum atomic E-state index is -0.557. The molecule has 0 saturated carbocycles. The lowest BCUT2D eigenvalue weighted by Crippen LogP contribution is -2.44. The van der Waals surface area contributed by atoms with Gasteiger partial charge in [0, 0.05) is 12.1 Å². The average Bonchev–Trinajstić information content (AvgIpc) is 2.60. The quantitative estimate of drug-likeness (QED) is 0.730. The van der Waals surface area contributed by atoms with Crippen molar-refractivity contribution in [3.63, 3.8) is 0 Å². The van der Waals surface area contributed by atoms with E-state index >= 15 is 0 Å². The summed E-state index contributed by atoms with van der Waals surface area (Å²) < 4.78 is 0. The molecule has 3 aromatic carbocycles. The first-order valence-corrected chi connectivity index (χ1v) is 8.02. The molecule has 1 unspecified atom stereocenters. The van der Waals surface area contributed by atoms with E-state index in [0.29, 0.717) is 0 Å². The van der Waals surface area contributed by atoms with Crippen LogP contribution in [0.1, 0.15) is 31.1 Å². The molecule has 0 aromatic heterocycles. The monoisotopic (exact) mass is 305 g/mol. The minimum Gasteiger partial charge on any atom is -0.387 e. The molecule has 0 radical (unpaired) electrons. The fourth-order valence-electron chi connectivity index (χ4n) is 2.92. The Bertz CT molecular complexity index is 775. The first-order valence-electron chi connectivity index (χ1n) is 8.02. The molecule has 118 valence electrons. The number of nitrogens with one attached hydrogen (secondary N) is 1. The number of aliphatic hydroxyl groups is 1. The van der Waals surface area contributed by atoms with Crippen molar-refractivity contribution in [2.45, 2.75) is 32.0 Å². The summed E-state index contributed by atoms with van der Waals surface area (Å²) in [5.74, 6) is 0. The van der Waals surface area contributed by atoms with Gasteiger partial charge in [-0.05, 0) is 35.7 Å². The van der Waals surface area contributed by atoms with Gasteiger partial charge in [0.05, 0.1) is 6.10 Å². The maximum absolute atomic E-state index is 10.7. The van der Waals surface area contributed by atoms with E-state index in [0.717, 1.165) is 12.1 Å². The molecular formula is C21H23NO. The standard InChI is InChI=1S/C21H23NO/c1-21(2,20(23)17-10-4-3-5-11-17)22-15-18-13-8-12-16-9-6-7-14-19(16)18/h3-14,20,22-23H,15H2,1-2H3. The van der Waals surface area contributed by atoms with Crippen molar-refractivity contribution in [3.05, 3.63) is 83.9 Å². The first-order chi connectivity index (χ1) is 11.1. The molecule has 0 aliphatic rings. The van der Waals surface area contributed by atoms with E-state index in [1.807, 2.05) is 44.2 Å². The number of fused-ring (bicyclic) bond motifs is 1. The Hall–Kier alpha value is -2.16. The van der Waals surface area contributed by atoms with Crippen LogP contribution in [0.15, 0.2) is 72.8 Å². The van der Waals surface area contributed by atoms with E-state index in [9.17, 15) is 5.11 Å². The van der Waals surface area contributed by atoms with Crippen molar-refractivity contribution in [3.8, 4) is 0 Å². The number of aliphatic hydroxyl groups excluding tert-OH is 1. The predicted molar refractivity (Wildman–Crippen MR) is 96.3 cm³/mol. The molecule has 0 heterocycles. The van der Waals surface area contributed by atoms with Gasteiger partial charge in [-0.3, -0.25) is 0 Å². The number of benzene rings is 3. The Morgan fingerprint density at radius 1 is 0.870 bits per heavy atom. The molecule has 2 nitrogen and oxygen atoms in total. The summed E-state index contributed by atoms with van der Waals surface area (Å²) >= 11 is 0. The van der Waals surface area contributed by atoms with Gasteiger partial charge < -0.3 is 10.4 Å². The van der Waals surface area contributed by atoms with Crippen LogP contribution in [0.5, 0.6) is 0 Å². The molecule has 0 aliphatic carbocycles. The lowest BCUT2D eigenvalue weighted by Gasteiger charge is -2.32. The summed E-state index contributed by atoms with van der Waals surface area (Å²) in [6.07, 6.45) is -0.557. The van der Waals surface area contributed by atoms with E-state index < -0.39 is 11.6 Å². The van der Waals surface area contributed by atoms with E-state index in [4.69, 9.17) is 0 Å². The van der Waals surface area contributed by atoms with Crippen LogP contribution >= 0.6 is 0 Å². The highest BCUT2D eigenvalue weighted by molar-refractivity contribution is 5.85. The van der Waals surface area contributed by atoms with Gasteiger partial charge in [-0.2, -0.15) is 0 Å². The van der Waals surface area contributed by atoms with E-state index in [1.54, 1.807) is 0 Å². The molecule has 0 aliphatic heterocycles. The van der Waals surface area contributed by atoms with Crippen molar-refractivity contribution < 1.29 is 5.11 Å². The third kappa shape index (κ3) is 3.44. The van der Waals surface area contributed by atoms with Crippen molar-refractivity contribution >= 4 is 10.8 Å². The Kier molecular flexibility index (Phi) is 4.46. The smallest absolute Gasteiger partial charge is 0.0966 e. The fourth-order valence-corrected chi connectivity index (χ4v) is 2.92. The first kappa shape index (κ1) is 15.7. The summed E-state index contributed by atoms with van der Waals surface area (Å²) in [4.78, 5) is 0. The maximum atomic E-state index is 10.7. The van der Waals surface area contributed by atoms with Crippen LogP contribution in [0.25, 0.3) is 10.8 Å². The molecule has 2 N–H and O–H groups in total. The molecule has 0 saturated heterocycles. The summed E-state index contributed by atoms with van der Waals surface area (Å²) in [7, 11) is 0. The summed E-state index contributed by atoms with van der Waals surface area (Å²) in [5.41, 5.74) is 1.76. The molecular weight excluding hydrogens is 282 g/mol. The summed E-state index contributed by atoms with van der Waals surface area (Å²) in [5, 5.41) is 16.7. The van der Waals surface area contributed by atoms with Crippen molar-refractivity contribution in [1.29, 1.82) is 0 Å². The van der Waals surface area contributed by atoms with Gasteiger partial charge in [-0.15, -0.1) is 0 Å². The summed E-state index contributed by atoms with van der Waals surface area (Å²) in [6.45, 7) is 4.80. The topological polar surface area (TPSA) is 32.3 Å². The molecule has 0 bridgehead atoms. The third-order valence-corrected chi connectivity index (χ3v) is 4.41. The van der Waals surface area contributed by atoms with Gasteiger partial charge in [0.1, 0.15) is 0 Å². The van der Waals surface area contributed by atoms with E-state index in [-0.39, 0.29) is 0 Å². The zero-order chi connectivity index (χ0) is 16.3. The molecule has 3 aromatic rings. The van der Waals surface area contributed by atoms with Gasteiger partial charge in [0.25, 0.3) is 0 Å². The van der Waals surface area contributed by atoms with Crippen LogP contribution in [-0.4, -0.2) is 10.6 Å². The van der Waals surface area contributed by atoms with Gasteiger partial charge in [0.15, 0.2) is 0 Å². The number of hydrogen-bond acceptors (Lipinski definition) is 2. The average molecular weight is 305 g/mol. The third-order valence-electron chi connectivity index (χ3n) is 4.41. The highest BCUT2D eigenvalue weighted by Crippen LogP contribution is 2.26. The van der Waals surface area contributed by atoms with Crippen LogP contribution < -0.4 is 5.32 Å². The zero-order valence-electron chi connectivity index (χ0n) is 13.7. The second-order valence-corrected chi connectivity index (χ2v) is 6.53. The molecule has 0 spiro atoms. The zero-order valence-corrected chi connectivity index (χ0v) is 13.7. The number of rotatable bonds is 5. The van der Waals surface area contributed by atoms with Crippen LogP contribution in [0, 0.1) is 0 Å². The molecule has 23 heavy (non-hydrogen) atoms. The van der Waals surface area contributed by atoms with E-state index in [2.05, 4.69) is 47.8 Å². The Balaban J connectivity index is 1.78. The van der Waals surface area contributed by atoms with Crippen molar-refractivity contribution in [1.82, 2.24) is 5.32 Å². The summed E-state index contributed by atoms with van der Waals surface area (Å²) in [6, 6.07) is 24.6. The Labute approximate surface area is 137 Å². The second-order valence-electron chi connectivity index (χ2n) is 6.53. The number of hydrogen-bond donors (Lipinski definition) is 2. The molecule has 1 atom stereocenters. The van der Waals surface area contributed by atoms with Crippen LogP contribution in [0.3, 0.4) is 0 Å². The largest absolute Gasteiger partial charge is 0.387 e. The normalized spacial score (nSPS) is 13.2. The molecule has 3 rings (SSSR count). The van der Waals surface area contributed by atoms with Gasteiger partial charge in [-0.1, -0.05) is 72.8 Å². The van der Waals surface area contributed by atoms with Gasteiger partial charge in [0.2, 0.25) is 0 Å². The maximum Gasteiger partial charge on any atom is 0.0966 e. The fraction of sp³-hybridized carbons (Fsp3) is 0.238. The Morgan fingerprint density at radius 3 is 2.30 bits per heavy atom. The van der Waals surface area contributed by atoms with Crippen LogP contribution in [0.2, 0.25) is 0 Å². The van der Waals surface area contributed by atoms with Gasteiger partial charge >= 0.3 is 0 Å². The highest BCUT2D eigenvalue weighted by atomic mass is 16.3. The molecule has 0 fully saturated rings. The molecule has 0 amide bonds. The Morgan fingerprint density at radius 2 is 1.52 bits per heavy atom. The SMILES string of the molecule is CC(C)(NCc1cccc2ccccc12)C(O)c1ccccc1. The molecule has 2 heteroatoms. The van der Waals surface area contributed by atoms with Crippen molar-refractivity contribution in [2.75, 3.05) is 0 Å².